The molecule has 2 aromatic heterocycles. The zero-order valence-corrected chi connectivity index (χ0v) is 11.5. The molecule has 104 valence electrons. The van der Waals surface area contributed by atoms with E-state index >= 15 is 0 Å². The van der Waals surface area contributed by atoms with Crippen LogP contribution in [0.1, 0.15) is 16.2 Å². The van der Waals surface area contributed by atoms with Gasteiger partial charge in [0.2, 0.25) is 5.91 Å². The van der Waals surface area contributed by atoms with E-state index in [-0.39, 0.29) is 0 Å². The van der Waals surface area contributed by atoms with Gasteiger partial charge in [-0.2, -0.15) is 0 Å². The number of aromatic nitrogens is 3. The maximum Gasteiger partial charge on any atom is 0.248 e. The summed E-state index contributed by atoms with van der Waals surface area (Å²) in [6, 6.07) is 11.0. The van der Waals surface area contributed by atoms with Crippen molar-refractivity contribution in [2.45, 2.75) is 6.92 Å². The van der Waals surface area contributed by atoms with Crippen LogP contribution in [-0.2, 0) is 0 Å². The molecule has 0 aliphatic carbocycles. The third-order valence-corrected chi connectivity index (χ3v) is 3.23. The number of carbonyl (C=O) groups excluding carboxylic acids is 1. The van der Waals surface area contributed by atoms with Crippen LogP contribution in [0.25, 0.3) is 22.5 Å². The van der Waals surface area contributed by atoms with E-state index in [2.05, 4.69) is 15.0 Å². The van der Waals surface area contributed by atoms with Crippen LogP contribution in [0.15, 0.2) is 48.8 Å². The van der Waals surface area contributed by atoms with E-state index in [0.29, 0.717) is 5.56 Å². The topological polar surface area (TPSA) is 84.7 Å². The lowest BCUT2D eigenvalue weighted by molar-refractivity contribution is 0.100. The highest BCUT2D eigenvalue weighted by Gasteiger charge is 2.12. The van der Waals surface area contributed by atoms with Crippen LogP contribution in [0.4, 0.5) is 0 Å². The molecule has 3 N–H and O–H groups in total. The van der Waals surface area contributed by atoms with Crippen molar-refractivity contribution in [1.29, 1.82) is 0 Å². The highest BCUT2D eigenvalue weighted by molar-refractivity contribution is 5.93. The normalized spacial score (nSPS) is 10.5. The smallest absolute Gasteiger partial charge is 0.248 e. The second-order valence-electron chi connectivity index (χ2n) is 4.72. The summed E-state index contributed by atoms with van der Waals surface area (Å²) in [5.74, 6) is 0.393. The molecular weight excluding hydrogens is 264 g/mol. The molecule has 2 heterocycles. The van der Waals surface area contributed by atoms with E-state index in [1.54, 1.807) is 24.5 Å². The maximum absolute atomic E-state index is 11.1. The third kappa shape index (κ3) is 2.53. The first-order valence-electron chi connectivity index (χ1n) is 6.52. The van der Waals surface area contributed by atoms with Gasteiger partial charge in [-0.15, -0.1) is 0 Å². The van der Waals surface area contributed by atoms with E-state index < -0.39 is 5.91 Å². The lowest BCUT2D eigenvalue weighted by atomic mass is 10.0. The molecule has 0 spiro atoms. The molecule has 0 radical (unpaired) electrons. The number of primary amides is 1. The molecule has 3 rings (SSSR count). The van der Waals surface area contributed by atoms with Crippen molar-refractivity contribution in [2.24, 2.45) is 5.73 Å². The van der Waals surface area contributed by atoms with Gasteiger partial charge in [0.25, 0.3) is 0 Å². The number of nitrogens with two attached hydrogens (primary N) is 1. The van der Waals surface area contributed by atoms with Crippen LogP contribution < -0.4 is 5.73 Å². The van der Waals surface area contributed by atoms with Crippen LogP contribution in [0.5, 0.6) is 0 Å². The minimum atomic E-state index is -0.436. The minimum absolute atomic E-state index is 0.436. The molecule has 0 aliphatic rings. The molecule has 0 saturated heterocycles. The molecule has 0 fully saturated rings. The number of hydrogen-bond acceptors (Lipinski definition) is 3. The van der Waals surface area contributed by atoms with Crippen LogP contribution in [-0.4, -0.2) is 20.9 Å². The molecule has 5 heteroatoms. The van der Waals surface area contributed by atoms with Gasteiger partial charge < -0.3 is 10.7 Å². The number of hydrogen-bond donors (Lipinski definition) is 2. The Labute approximate surface area is 121 Å². The van der Waals surface area contributed by atoms with Gasteiger partial charge >= 0.3 is 0 Å². The number of aryl methyl sites for hydroxylation is 1. The van der Waals surface area contributed by atoms with Gasteiger partial charge in [-0.25, -0.2) is 4.98 Å². The van der Waals surface area contributed by atoms with Gasteiger partial charge in [0.05, 0.1) is 11.4 Å². The fourth-order valence-corrected chi connectivity index (χ4v) is 2.22. The molecule has 0 unspecified atom stereocenters. The number of imidazole rings is 1. The summed E-state index contributed by atoms with van der Waals surface area (Å²) in [5.41, 5.74) is 9.46. The van der Waals surface area contributed by atoms with Crippen molar-refractivity contribution in [3.63, 3.8) is 0 Å². The highest BCUT2D eigenvalue weighted by Crippen LogP contribution is 2.29. The molecule has 1 aromatic carbocycles. The van der Waals surface area contributed by atoms with Crippen LogP contribution >= 0.6 is 0 Å². The summed E-state index contributed by atoms with van der Waals surface area (Å²) in [6.45, 7) is 1.91. The number of H-pyrrole nitrogens is 1. The highest BCUT2D eigenvalue weighted by atomic mass is 16.1. The fourth-order valence-electron chi connectivity index (χ4n) is 2.22. The Hall–Kier alpha value is -2.95. The first kappa shape index (κ1) is 13.1. The maximum atomic E-state index is 11.1. The molecule has 5 nitrogen and oxygen atoms in total. The predicted octanol–water partition coefficient (Wildman–Crippen LogP) is 2.55. The van der Waals surface area contributed by atoms with Crippen molar-refractivity contribution in [1.82, 2.24) is 15.0 Å². The summed E-state index contributed by atoms with van der Waals surface area (Å²) < 4.78 is 0. The average Bonchev–Trinajstić information content (AvgIpc) is 2.90. The molecule has 0 bridgehead atoms. The second-order valence-corrected chi connectivity index (χ2v) is 4.72. The number of nitrogens with one attached hydrogen (secondary N) is 1. The Balaban J connectivity index is 2.09. The summed E-state index contributed by atoms with van der Waals surface area (Å²) >= 11 is 0. The van der Waals surface area contributed by atoms with Crippen LogP contribution in [0.3, 0.4) is 0 Å². The van der Waals surface area contributed by atoms with Gasteiger partial charge in [0.15, 0.2) is 0 Å². The Morgan fingerprint density at radius 3 is 2.33 bits per heavy atom. The SMILES string of the molecule is Cc1nc(-c2ccc(C(N)=O)cc2)c(-c2ccncc2)[nH]1. The minimum Gasteiger partial charge on any atom is -0.366 e. The van der Waals surface area contributed by atoms with E-state index in [9.17, 15) is 4.79 Å². The Morgan fingerprint density at radius 2 is 1.71 bits per heavy atom. The molecule has 0 atom stereocenters. The molecule has 3 aromatic rings. The van der Waals surface area contributed by atoms with Gasteiger partial charge in [0.1, 0.15) is 5.82 Å². The quantitative estimate of drug-likeness (QED) is 0.772. The van der Waals surface area contributed by atoms with Gasteiger partial charge in [-0.3, -0.25) is 9.78 Å². The van der Waals surface area contributed by atoms with Crippen molar-refractivity contribution < 1.29 is 4.79 Å². The van der Waals surface area contributed by atoms with Gasteiger partial charge in [0, 0.05) is 29.1 Å². The van der Waals surface area contributed by atoms with Crippen LogP contribution in [0.2, 0.25) is 0 Å². The molecule has 1 amide bonds. The standard InChI is InChI=1S/C16H14N4O/c1-10-19-14(11-2-4-13(5-3-11)16(17)21)15(20-10)12-6-8-18-9-7-12/h2-9H,1H3,(H2,17,21)(H,19,20). The lowest BCUT2D eigenvalue weighted by Crippen LogP contribution is -2.10. The van der Waals surface area contributed by atoms with Crippen molar-refractivity contribution >= 4 is 5.91 Å². The van der Waals surface area contributed by atoms with E-state index in [0.717, 1.165) is 28.3 Å². The number of pyridine rings is 1. The average molecular weight is 278 g/mol. The van der Waals surface area contributed by atoms with Crippen molar-refractivity contribution in [2.75, 3.05) is 0 Å². The monoisotopic (exact) mass is 278 g/mol. The number of amides is 1. The molecule has 0 saturated carbocycles. The number of rotatable bonds is 3. The van der Waals surface area contributed by atoms with Crippen molar-refractivity contribution in [3.05, 3.63) is 60.2 Å². The third-order valence-electron chi connectivity index (χ3n) is 3.23. The Kier molecular flexibility index (Phi) is 3.23. The van der Waals surface area contributed by atoms with E-state index in [1.807, 2.05) is 31.2 Å². The Bertz CT molecular complexity index is 776. The fraction of sp³-hybridized carbons (Fsp3) is 0.0625. The van der Waals surface area contributed by atoms with Crippen LogP contribution in [0, 0.1) is 6.92 Å². The summed E-state index contributed by atoms with van der Waals surface area (Å²) in [4.78, 5) is 23.0. The van der Waals surface area contributed by atoms with E-state index in [1.165, 1.54) is 0 Å². The van der Waals surface area contributed by atoms with Crippen molar-refractivity contribution in [3.8, 4) is 22.5 Å². The number of nitrogens with zero attached hydrogens (tertiary/aromatic N) is 2. The molecule has 0 aliphatic heterocycles. The Morgan fingerprint density at radius 1 is 1.05 bits per heavy atom. The first-order chi connectivity index (χ1) is 10.1. The number of benzene rings is 1. The summed E-state index contributed by atoms with van der Waals surface area (Å²) in [5, 5.41) is 0. The second kappa shape index (κ2) is 5.20. The van der Waals surface area contributed by atoms with Gasteiger partial charge in [-0.1, -0.05) is 12.1 Å². The number of aromatic amines is 1. The zero-order valence-electron chi connectivity index (χ0n) is 11.5. The summed E-state index contributed by atoms with van der Waals surface area (Å²) in [7, 11) is 0. The first-order valence-corrected chi connectivity index (χ1v) is 6.52. The van der Waals surface area contributed by atoms with E-state index in [4.69, 9.17) is 5.73 Å². The number of carbonyl (C=O) groups is 1. The molecule has 21 heavy (non-hydrogen) atoms. The van der Waals surface area contributed by atoms with Gasteiger partial charge in [-0.05, 0) is 31.2 Å². The lowest BCUT2D eigenvalue weighted by Gasteiger charge is -2.03. The summed E-state index contributed by atoms with van der Waals surface area (Å²) in [6.07, 6.45) is 3.48. The largest absolute Gasteiger partial charge is 0.366 e. The molecular formula is C16H14N4O. The zero-order chi connectivity index (χ0) is 14.8. The predicted molar refractivity (Wildman–Crippen MR) is 80.5 cm³/mol.